The first-order chi connectivity index (χ1) is 13.6. The summed E-state index contributed by atoms with van der Waals surface area (Å²) in [6, 6.07) is 23.4. The number of halogens is 2. The Labute approximate surface area is 222 Å². The Bertz CT molecular complexity index is 1160. The van der Waals surface area contributed by atoms with Crippen LogP contribution >= 0.6 is 11.8 Å². The van der Waals surface area contributed by atoms with Crippen LogP contribution in [-0.4, -0.2) is 8.07 Å². The van der Waals surface area contributed by atoms with E-state index in [4.69, 9.17) is 0 Å². The number of hydrogen-bond donors (Lipinski definition) is 0. The molecule has 0 saturated carbocycles. The van der Waals surface area contributed by atoms with Crippen LogP contribution in [0.15, 0.2) is 99.1 Å². The molecule has 2 heterocycles. The minimum atomic E-state index is -1.08. The predicted molar refractivity (Wildman–Crippen MR) is 127 cm³/mol. The molecule has 1 radical (unpaired) electrons. The number of allylic oxidation sites excluding steroid dienone is 6. The van der Waals surface area contributed by atoms with Gasteiger partial charge < -0.3 is 24.8 Å². The van der Waals surface area contributed by atoms with Crippen LogP contribution in [0.3, 0.4) is 0 Å². The number of hydrogen-bond acceptors (Lipinski definition) is 1. The molecule has 0 aromatic heterocycles. The molecule has 3 aliphatic rings. The third kappa shape index (κ3) is 4.42. The van der Waals surface area contributed by atoms with Crippen molar-refractivity contribution in [2.45, 2.75) is 26.4 Å². The number of thioether (sulfide) groups is 1. The Morgan fingerprint density at radius 2 is 1.68 bits per heavy atom. The summed E-state index contributed by atoms with van der Waals surface area (Å²) < 4.78 is 0. The quantitative estimate of drug-likeness (QED) is 0.342. The van der Waals surface area contributed by atoms with Crippen molar-refractivity contribution < 1.29 is 51.0 Å². The third-order valence-electron chi connectivity index (χ3n) is 6.33. The molecule has 0 N–H and O–H groups in total. The Morgan fingerprint density at radius 3 is 2.39 bits per heavy atom. The van der Waals surface area contributed by atoms with Gasteiger partial charge in [0.25, 0.3) is 0 Å². The minimum Gasteiger partial charge on any atom is -1.00 e. The smallest absolute Gasteiger partial charge is 1.00 e. The molecular weight excluding hydrogens is 535 g/mol. The van der Waals surface area contributed by atoms with Gasteiger partial charge >= 0.3 is 26.2 Å². The first-order valence-corrected chi connectivity index (χ1v) is 14.0. The molecule has 157 valence electrons. The van der Waals surface area contributed by atoms with Gasteiger partial charge in [-0.1, -0.05) is 96.3 Å². The summed E-state index contributed by atoms with van der Waals surface area (Å²) in [6.07, 6.45) is 6.00. The second kappa shape index (κ2) is 10.5. The summed E-state index contributed by atoms with van der Waals surface area (Å²) >= 11 is 2.06. The Hall–Kier alpha value is -0.700. The van der Waals surface area contributed by atoms with Gasteiger partial charge in [-0.2, -0.15) is 12.1 Å². The monoisotopic (exact) mass is 557 g/mol. The minimum absolute atomic E-state index is 0. The van der Waals surface area contributed by atoms with Crippen molar-refractivity contribution in [1.29, 1.82) is 0 Å². The van der Waals surface area contributed by atoms with Crippen LogP contribution in [0.4, 0.5) is 0 Å². The van der Waals surface area contributed by atoms with Crippen LogP contribution in [0.1, 0.15) is 13.3 Å². The van der Waals surface area contributed by atoms with E-state index in [1.807, 2.05) is 5.20 Å². The molecule has 3 aromatic carbocycles. The molecule has 0 bridgehead atoms. The van der Waals surface area contributed by atoms with Crippen LogP contribution in [-0.2, 0) is 26.2 Å². The molecule has 6 rings (SSSR count). The van der Waals surface area contributed by atoms with E-state index in [-0.39, 0.29) is 51.0 Å². The maximum atomic E-state index is 2.50. The van der Waals surface area contributed by atoms with Crippen LogP contribution in [0.5, 0.6) is 0 Å². The molecule has 1 aliphatic carbocycles. The number of benzene rings is 2. The van der Waals surface area contributed by atoms with Crippen LogP contribution in [0, 0.1) is 5.92 Å². The predicted octanol–water partition coefficient (Wildman–Crippen LogP) is 1.87. The molecule has 0 spiro atoms. The van der Waals surface area contributed by atoms with Gasteiger partial charge in [0, 0.05) is 5.92 Å². The molecule has 5 heteroatoms. The molecule has 2 aliphatic heterocycles. The van der Waals surface area contributed by atoms with E-state index in [1.165, 1.54) is 28.3 Å². The van der Waals surface area contributed by atoms with Gasteiger partial charge in [0.15, 0.2) is 0 Å². The second-order valence-electron chi connectivity index (χ2n) is 8.24. The summed E-state index contributed by atoms with van der Waals surface area (Å²) in [7, 11) is -1.08. The van der Waals surface area contributed by atoms with E-state index in [1.54, 1.807) is 15.0 Å². The fourth-order valence-corrected chi connectivity index (χ4v) is 10.7. The van der Waals surface area contributed by atoms with Crippen LogP contribution < -0.4 is 24.8 Å². The van der Waals surface area contributed by atoms with E-state index in [0.29, 0.717) is 0 Å². The third-order valence-corrected chi connectivity index (χ3v) is 11.7. The largest absolute Gasteiger partial charge is 3.00 e. The normalized spacial score (nSPS) is 18.9. The zero-order valence-corrected chi connectivity index (χ0v) is 23.7. The Morgan fingerprint density at radius 1 is 0.935 bits per heavy atom. The molecule has 1 atom stereocenters. The summed E-state index contributed by atoms with van der Waals surface area (Å²) in [6.45, 7) is 7.30. The van der Waals surface area contributed by atoms with E-state index in [0.717, 1.165) is 5.92 Å². The molecule has 0 amide bonds. The standard InChI is InChI=1S/C15H11.C11H14SSi.2ClH.Zr/c1-2-6-12(7-3-1)14-10-4-8-13-9-5-11-15(13)14;1-4-7-11-10-8(12-7)5-6-9(10)13(11,2)3;;;/h1-11H;5-6,10H,4H2,1-3H3;2*1H;/q-1;;;;+3/p-2. The second-order valence-corrected chi connectivity index (χ2v) is 13.8. The molecule has 1 unspecified atom stereocenters. The van der Waals surface area contributed by atoms with Crippen molar-refractivity contribution in [1.82, 2.24) is 0 Å². The first kappa shape index (κ1) is 26.6. The fraction of sp³-hybridized carbons (Fsp3) is 0.192. The molecule has 1 fully saturated rings. The summed E-state index contributed by atoms with van der Waals surface area (Å²) in [5, 5.41) is 6.29. The number of rotatable bonds is 2. The van der Waals surface area contributed by atoms with Crippen molar-refractivity contribution >= 4 is 30.6 Å². The SMILES string of the molecule is CCC1=C2C3C(=CC=C3[Si]2(C)C)S1.[Cl-].[Cl-].[Zr+3].c1ccc(-c2cccc3[cH-]ccc23)cc1. The van der Waals surface area contributed by atoms with Crippen molar-refractivity contribution in [3.8, 4) is 11.1 Å². The molecule has 31 heavy (non-hydrogen) atoms. The fourth-order valence-electron chi connectivity index (χ4n) is 4.92. The molecule has 1 saturated heterocycles. The average molecular weight is 560 g/mol. The van der Waals surface area contributed by atoms with Crippen molar-refractivity contribution in [3.05, 3.63) is 99.1 Å². The Balaban J connectivity index is 0.000000202. The summed E-state index contributed by atoms with van der Waals surface area (Å²) in [4.78, 5) is 3.32. The first-order valence-electron chi connectivity index (χ1n) is 10.1. The van der Waals surface area contributed by atoms with E-state index in [9.17, 15) is 0 Å². The zero-order chi connectivity index (χ0) is 19.3. The average Bonchev–Trinajstić information content (AvgIpc) is 3.40. The van der Waals surface area contributed by atoms with Gasteiger partial charge in [0.2, 0.25) is 0 Å². The van der Waals surface area contributed by atoms with Crippen LogP contribution in [0.25, 0.3) is 21.9 Å². The summed E-state index contributed by atoms with van der Waals surface area (Å²) in [5.41, 5.74) is 2.60. The molecule has 3 aromatic rings. The van der Waals surface area contributed by atoms with Crippen molar-refractivity contribution in [3.63, 3.8) is 0 Å². The van der Waals surface area contributed by atoms with E-state index < -0.39 is 8.07 Å². The van der Waals surface area contributed by atoms with E-state index in [2.05, 4.69) is 111 Å². The maximum absolute atomic E-state index is 2.50. The summed E-state index contributed by atoms with van der Waals surface area (Å²) in [5.74, 6) is 0.793. The van der Waals surface area contributed by atoms with Gasteiger partial charge in [-0.05, 0) is 21.8 Å². The number of fused-ring (bicyclic) bond motifs is 1. The van der Waals surface area contributed by atoms with Crippen LogP contribution in [0.2, 0.25) is 13.1 Å². The van der Waals surface area contributed by atoms with Gasteiger partial charge in [-0.25, -0.2) is 0 Å². The van der Waals surface area contributed by atoms with Crippen molar-refractivity contribution in [2.24, 2.45) is 5.92 Å². The topological polar surface area (TPSA) is 0 Å². The molecular formula is C26H25Cl2SSiZr. The van der Waals surface area contributed by atoms with Gasteiger partial charge in [-0.15, -0.1) is 29.0 Å². The van der Waals surface area contributed by atoms with Gasteiger partial charge in [0.05, 0.1) is 0 Å². The zero-order valence-electron chi connectivity index (χ0n) is 18.0. The molecule has 0 nitrogen and oxygen atoms in total. The van der Waals surface area contributed by atoms with Gasteiger partial charge in [0.1, 0.15) is 8.07 Å². The Kier molecular flexibility index (Phi) is 8.98. The van der Waals surface area contributed by atoms with Crippen molar-refractivity contribution in [2.75, 3.05) is 0 Å². The van der Waals surface area contributed by atoms with Gasteiger partial charge in [-0.3, -0.25) is 0 Å². The van der Waals surface area contributed by atoms with E-state index >= 15 is 0 Å². The maximum Gasteiger partial charge on any atom is 3.00 e.